The summed E-state index contributed by atoms with van der Waals surface area (Å²) in [6.45, 7) is 0. The Kier molecular flexibility index (Phi) is 6.46. The van der Waals surface area contributed by atoms with Crippen LogP contribution in [0.2, 0.25) is 0 Å². The van der Waals surface area contributed by atoms with Crippen LogP contribution in [0.3, 0.4) is 0 Å². The molecule has 0 aliphatic carbocycles. The molecule has 0 aliphatic rings. The van der Waals surface area contributed by atoms with Crippen LogP contribution in [0, 0.1) is 0 Å². The van der Waals surface area contributed by atoms with Gasteiger partial charge in [0.05, 0.1) is 55.2 Å². The van der Waals surface area contributed by atoms with Crippen molar-refractivity contribution in [1.82, 2.24) is 23.1 Å². The molecule has 284 valence electrons. The molecule has 0 spiro atoms. The van der Waals surface area contributed by atoms with E-state index in [-0.39, 0.29) is 0 Å². The summed E-state index contributed by atoms with van der Waals surface area (Å²) in [4.78, 5) is 5.18. The van der Waals surface area contributed by atoms with Crippen molar-refractivity contribution in [3.05, 3.63) is 200 Å². The third kappa shape index (κ3) is 4.48. The monoisotopic (exact) mass is 779 g/mol. The lowest BCUT2D eigenvalue weighted by atomic mass is 10.0. The summed E-state index contributed by atoms with van der Waals surface area (Å²) in [5, 5.41) is 7.09. The second-order valence-electron chi connectivity index (χ2n) is 16.0. The number of nitrogens with zero attached hydrogens (tertiary/aromatic N) is 5. The molecule has 0 radical (unpaired) electrons. The van der Waals surface area contributed by atoms with E-state index in [0.717, 1.165) is 78.0 Å². The van der Waals surface area contributed by atoms with Crippen molar-refractivity contribution >= 4 is 93.4 Å². The van der Waals surface area contributed by atoms with Crippen molar-refractivity contribution in [2.24, 2.45) is 0 Å². The minimum Gasteiger partial charge on any atom is -0.456 e. The molecule has 14 rings (SSSR count). The third-order valence-electron chi connectivity index (χ3n) is 12.8. The van der Waals surface area contributed by atoms with Gasteiger partial charge in [0.2, 0.25) is 5.78 Å². The smallest absolute Gasteiger partial charge is 0.220 e. The van der Waals surface area contributed by atoms with Crippen LogP contribution in [-0.4, -0.2) is 23.1 Å². The van der Waals surface area contributed by atoms with Gasteiger partial charge in [-0.1, -0.05) is 103 Å². The number of furan rings is 1. The van der Waals surface area contributed by atoms with Gasteiger partial charge in [-0.25, -0.2) is 4.98 Å². The lowest BCUT2D eigenvalue weighted by molar-refractivity contribution is 0.669. The van der Waals surface area contributed by atoms with Gasteiger partial charge in [0.15, 0.2) is 0 Å². The van der Waals surface area contributed by atoms with Crippen molar-refractivity contribution in [3.8, 4) is 28.2 Å². The van der Waals surface area contributed by atoms with Crippen molar-refractivity contribution in [3.63, 3.8) is 0 Å². The summed E-state index contributed by atoms with van der Waals surface area (Å²) < 4.78 is 15.9. The highest BCUT2D eigenvalue weighted by Gasteiger charge is 2.22. The number of imidazole rings is 2. The van der Waals surface area contributed by atoms with Crippen molar-refractivity contribution in [2.75, 3.05) is 0 Å². The molecule has 0 atom stereocenters. The predicted octanol–water partition coefficient (Wildman–Crippen LogP) is 14.2. The fourth-order valence-corrected chi connectivity index (χ4v) is 10.2. The maximum absolute atomic E-state index is 6.58. The zero-order chi connectivity index (χ0) is 39.8. The lowest BCUT2D eigenvalue weighted by Gasteiger charge is -2.12. The van der Waals surface area contributed by atoms with Gasteiger partial charge in [0.1, 0.15) is 11.2 Å². The van der Waals surface area contributed by atoms with E-state index < -0.39 is 0 Å². The predicted molar refractivity (Wildman–Crippen MR) is 251 cm³/mol. The van der Waals surface area contributed by atoms with Crippen LogP contribution in [-0.2, 0) is 0 Å². The van der Waals surface area contributed by atoms with E-state index in [1.165, 1.54) is 43.6 Å². The average molecular weight is 780 g/mol. The number of aromatic nitrogens is 5. The summed E-state index contributed by atoms with van der Waals surface area (Å²) >= 11 is 0. The van der Waals surface area contributed by atoms with Crippen molar-refractivity contribution < 1.29 is 4.42 Å². The van der Waals surface area contributed by atoms with E-state index in [2.05, 4.69) is 212 Å². The van der Waals surface area contributed by atoms with Crippen LogP contribution in [0.5, 0.6) is 0 Å². The topological polar surface area (TPSA) is 45.2 Å². The number of hydrogen-bond acceptors (Lipinski definition) is 2. The molecule has 5 heterocycles. The zero-order valence-corrected chi connectivity index (χ0v) is 32.7. The molecule has 9 aromatic carbocycles. The van der Waals surface area contributed by atoms with Gasteiger partial charge in [-0.2, -0.15) is 0 Å². The maximum Gasteiger partial charge on any atom is 0.220 e. The first kappa shape index (κ1) is 32.6. The fraction of sp³-hybridized carbons (Fsp3) is 0. The van der Waals surface area contributed by atoms with Gasteiger partial charge in [0, 0.05) is 38.3 Å². The Bertz CT molecular complexity index is 4080. The Balaban J connectivity index is 0.942. The molecule has 6 heteroatoms. The summed E-state index contributed by atoms with van der Waals surface area (Å²) in [7, 11) is 0. The minimum absolute atomic E-state index is 0.844. The summed E-state index contributed by atoms with van der Waals surface area (Å²) in [5.41, 5.74) is 16.3. The third-order valence-corrected chi connectivity index (χ3v) is 12.8. The van der Waals surface area contributed by atoms with Gasteiger partial charge < -0.3 is 13.6 Å². The van der Waals surface area contributed by atoms with Crippen LogP contribution in [0.4, 0.5) is 0 Å². The van der Waals surface area contributed by atoms with Crippen LogP contribution in [0.1, 0.15) is 0 Å². The van der Waals surface area contributed by atoms with Crippen molar-refractivity contribution in [1.29, 1.82) is 0 Å². The molecule has 61 heavy (non-hydrogen) atoms. The Morgan fingerprint density at radius 3 is 1.69 bits per heavy atom. The summed E-state index contributed by atoms with van der Waals surface area (Å²) in [6, 6.07) is 71.8. The van der Waals surface area contributed by atoms with Crippen LogP contribution >= 0.6 is 0 Å². The van der Waals surface area contributed by atoms with Gasteiger partial charge in [-0.3, -0.25) is 8.97 Å². The number of rotatable bonds is 4. The Hall–Kier alpha value is -8.35. The van der Waals surface area contributed by atoms with E-state index >= 15 is 0 Å². The fourth-order valence-electron chi connectivity index (χ4n) is 10.2. The molecule has 0 fully saturated rings. The minimum atomic E-state index is 0.844. The summed E-state index contributed by atoms with van der Waals surface area (Å²) in [5.74, 6) is 0.876. The van der Waals surface area contributed by atoms with Crippen LogP contribution in [0.15, 0.2) is 205 Å². The average Bonchev–Trinajstić information content (AvgIpc) is 4.12. The highest BCUT2D eigenvalue weighted by atomic mass is 16.3. The second kappa shape index (κ2) is 12.1. The quantitative estimate of drug-likeness (QED) is 0.179. The first-order chi connectivity index (χ1) is 30.3. The molecule has 0 amide bonds. The second-order valence-corrected chi connectivity index (χ2v) is 16.0. The Labute approximate surface area is 348 Å². The molecule has 0 saturated heterocycles. The first-order valence-electron chi connectivity index (χ1n) is 20.7. The Morgan fingerprint density at radius 2 is 0.934 bits per heavy atom. The van der Waals surface area contributed by atoms with E-state index in [1.807, 2.05) is 6.07 Å². The largest absolute Gasteiger partial charge is 0.456 e. The number of fused-ring (bicyclic) bond motifs is 14. The van der Waals surface area contributed by atoms with Gasteiger partial charge in [0.25, 0.3) is 0 Å². The molecule has 5 aromatic heterocycles. The first-order valence-corrected chi connectivity index (χ1v) is 20.7. The van der Waals surface area contributed by atoms with E-state index in [0.29, 0.717) is 0 Å². The SMILES string of the molecule is c1cc(-c2ccc3oc4cccc(-n5c6ccccc6n6c7ccccc7nc56)c4c3c2)cc(-n2c3ccccc3c3cc(-n4c5ccccc5c5ccccc54)ccc32)c1. The normalized spacial score (nSPS) is 12.3. The van der Waals surface area contributed by atoms with Crippen LogP contribution in [0.25, 0.3) is 122 Å². The molecule has 6 nitrogen and oxygen atoms in total. The molecule has 0 aliphatic heterocycles. The molecule has 14 aromatic rings. The lowest BCUT2D eigenvalue weighted by Crippen LogP contribution is -1.96. The molecular weight excluding hydrogens is 747 g/mol. The molecule has 0 unspecified atom stereocenters. The maximum atomic E-state index is 6.58. The molecule has 0 bridgehead atoms. The number of para-hydroxylation sites is 7. The number of benzene rings is 9. The molecular formula is C55H33N5O. The van der Waals surface area contributed by atoms with E-state index in [4.69, 9.17) is 9.40 Å². The highest BCUT2D eigenvalue weighted by molar-refractivity contribution is 6.13. The van der Waals surface area contributed by atoms with Crippen LogP contribution < -0.4 is 0 Å². The van der Waals surface area contributed by atoms with Gasteiger partial charge >= 0.3 is 0 Å². The van der Waals surface area contributed by atoms with Crippen molar-refractivity contribution in [2.45, 2.75) is 0 Å². The molecule has 0 N–H and O–H groups in total. The summed E-state index contributed by atoms with van der Waals surface area (Å²) in [6.07, 6.45) is 0. The number of hydrogen-bond donors (Lipinski definition) is 0. The Morgan fingerprint density at radius 1 is 0.344 bits per heavy atom. The van der Waals surface area contributed by atoms with E-state index in [9.17, 15) is 0 Å². The highest BCUT2D eigenvalue weighted by Crippen LogP contribution is 2.41. The van der Waals surface area contributed by atoms with Gasteiger partial charge in [-0.15, -0.1) is 0 Å². The zero-order valence-electron chi connectivity index (χ0n) is 32.7. The van der Waals surface area contributed by atoms with E-state index in [1.54, 1.807) is 0 Å². The van der Waals surface area contributed by atoms with Gasteiger partial charge in [-0.05, 0) is 108 Å². The standard InChI is InChI=1S/C55H33N5O/c1-5-19-44-38(15-1)39-16-2-6-20-45(39)58(44)37-28-29-47-41(33-37)40-17-3-7-21-46(40)57(47)36-14-11-13-34(31-36)35-27-30-52-42(32-35)54-51(25-12-26-53(54)61-52)60-50-24-10-9-23-49(50)59-48-22-8-4-18-43(48)56-55(59)60/h1-33H. The molecule has 0 saturated carbocycles.